The Balaban J connectivity index is 4.65. The number of rotatable bonds is 7. The molecule has 16 heavy (non-hydrogen) atoms. The van der Waals surface area contributed by atoms with Gasteiger partial charge in [0.25, 0.3) is 0 Å². The van der Waals surface area contributed by atoms with Crippen molar-refractivity contribution in [3.63, 3.8) is 0 Å². The van der Waals surface area contributed by atoms with Crippen LogP contribution in [0.3, 0.4) is 0 Å². The second-order valence-corrected chi connectivity index (χ2v) is 4.59. The van der Waals surface area contributed by atoms with E-state index in [9.17, 15) is 13.2 Å². The molecule has 0 bridgehead atoms. The Kier molecular flexibility index (Phi) is 6.71. The molecule has 0 saturated carbocycles. The molecular weight excluding hydrogens is 234 g/mol. The molecule has 1 atom stereocenters. The highest BCUT2D eigenvalue weighted by Gasteiger charge is 2.35. The van der Waals surface area contributed by atoms with Crippen molar-refractivity contribution in [1.29, 1.82) is 0 Å². The van der Waals surface area contributed by atoms with E-state index >= 15 is 0 Å². The van der Waals surface area contributed by atoms with Crippen molar-refractivity contribution < 1.29 is 23.2 Å². The number of carbonyl (C=O) groups is 1. The van der Waals surface area contributed by atoms with Crippen LogP contribution in [0, 0.1) is 5.41 Å². The van der Waals surface area contributed by atoms with E-state index < -0.39 is 22.1 Å². The van der Waals surface area contributed by atoms with Gasteiger partial charge in [0, 0.05) is 6.21 Å². The molecule has 0 aliphatic heterocycles. The first-order valence-corrected chi connectivity index (χ1v) is 6.27. The lowest BCUT2D eigenvalue weighted by molar-refractivity contribution is -0.153. The largest absolute Gasteiger partial charge is 0.466 e. The molecule has 94 valence electrons. The molecule has 0 unspecified atom stereocenters. The van der Waals surface area contributed by atoms with E-state index in [4.69, 9.17) is 9.94 Å². The monoisotopic (exact) mass is 251 g/mol. The topological polar surface area (TPSA) is 93.0 Å². The quantitative estimate of drug-likeness (QED) is 0.225. The fourth-order valence-electron chi connectivity index (χ4n) is 1.28. The van der Waals surface area contributed by atoms with Gasteiger partial charge in [0.05, 0.1) is 17.8 Å². The summed E-state index contributed by atoms with van der Waals surface area (Å²) in [5.74, 6) is -0.805. The normalized spacial score (nSPS) is 15.2. The van der Waals surface area contributed by atoms with Gasteiger partial charge in [-0.3, -0.25) is 4.79 Å². The molecular formula is C9H17NO5S. The Hall–Kier alpha value is -1.11. The van der Waals surface area contributed by atoms with Crippen LogP contribution in [0.15, 0.2) is 5.16 Å². The van der Waals surface area contributed by atoms with Crippen LogP contribution >= 0.6 is 0 Å². The average Bonchev–Trinajstić information content (AvgIpc) is 2.17. The number of esters is 1. The number of carbonyl (C=O) groups excluding carboxylic acids is 1. The number of hydrogen-bond acceptors (Lipinski definition) is 6. The highest BCUT2D eigenvalue weighted by atomic mass is 32.2. The molecule has 0 aromatic carbocycles. The Bertz CT molecular complexity index is 318. The van der Waals surface area contributed by atoms with Crippen LogP contribution in [-0.2, 0) is 20.2 Å². The van der Waals surface area contributed by atoms with E-state index in [0.717, 1.165) is 0 Å². The van der Waals surface area contributed by atoms with E-state index in [2.05, 4.69) is 5.16 Å². The maximum Gasteiger partial charge on any atom is 0.312 e. The average molecular weight is 251 g/mol. The maximum absolute atomic E-state index is 11.6. The summed E-state index contributed by atoms with van der Waals surface area (Å²) in [6.45, 7) is 3.39. The molecule has 0 spiro atoms. The summed E-state index contributed by atoms with van der Waals surface area (Å²) in [6, 6.07) is 0. The molecule has 0 radical (unpaired) electrons. The van der Waals surface area contributed by atoms with Crippen LogP contribution in [0.4, 0.5) is 0 Å². The van der Waals surface area contributed by atoms with Crippen molar-refractivity contribution in [3.8, 4) is 0 Å². The molecule has 0 rings (SSSR count). The van der Waals surface area contributed by atoms with Crippen LogP contribution in [0.25, 0.3) is 0 Å². The van der Waals surface area contributed by atoms with E-state index in [1.54, 1.807) is 6.92 Å². The van der Waals surface area contributed by atoms with E-state index in [1.165, 1.54) is 13.1 Å². The molecule has 0 amide bonds. The minimum atomic E-state index is -2.66. The van der Waals surface area contributed by atoms with Crippen molar-refractivity contribution in [1.82, 2.24) is 0 Å². The standard InChI is InChI=1S/C9H17NO5S/c1-3-15-8(11)9(2,7-16(13)14)5-4-6-10-12/h6,12,16H,3-5,7H2,1-2H3/t9-/m0/s1. The van der Waals surface area contributed by atoms with Crippen molar-refractivity contribution in [3.05, 3.63) is 0 Å². The van der Waals surface area contributed by atoms with Gasteiger partial charge >= 0.3 is 5.97 Å². The lowest BCUT2D eigenvalue weighted by Gasteiger charge is -2.23. The van der Waals surface area contributed by atoms with Gasteiger partial charge in [-0.15, -0.1) is 5.16 Å². The fourth-order valence-corrected chi connectivity index (χ4v) is 2.13. The smallest absolute Gasteiger partial charge is 0.312 e. The second-order valence-electron chi connectivity index (χ2n) is 3.61. The summed E-state index contributed by atoms with van der Waals surface area (Å²) in [4.78, 5) is 11.6. The van der Waals surface area contributed by atoms with Crippen LogP contribution in [-0.4, -0.2) is 38.2 Å². The number of oxime groups is 1. The Labute approximate surface area is 96.2 Å². The Morgan fingerprint density at radius 3 is 2.62 bits per heavy atom. The first-order valence-electron chi connectivity index (χ1n) is 4.91. The SMILES string of the molecule is CCOC(=O)[C@@](C)(CCC=NO)C[SH](=O)=O. The lowest BCUT2D eigenvalue weighted by Crippen LogP contribution is -2.34. The van der Waals surface area contributed by atoms with Crippen LogP contribution in [0.1, 0.15) is 26.7 Å². The van der Waals surface area contributed by atoms with Gasteiger partial charge < -0.3 is 9.94 Å². The number of thiol groups is 1. The molecule has 0 fully saturated rings. The molecule has 0 aliphatic rings. The predicted octanol–water partition coefficient (Wildman–Crippen LogP) is 0.407. The van der Waals surface area contributed by atoms with E-state index in [-0.39, 0.29) is 18.8 Å². The fraction of sp³-hybridized carbons (Fsp3) is 0.778. The minimum Gasteiger partial charge on any atom is -0.466 e. The summed E-state index contributed by atoms with van der Waals surface area (Å²) >= 11 is 0. The van der Waals surface area contributed by atoms with Crippen molar-refractivity contribution in [2.24, 2.45) is 10.6 Å². The highest BCUT2D eigenvalue weighted by molar-refractivity contribution is 7.72. The molecule has 0 aliphatic carbocycles. The van der Waals surface area contributed by atoms with Crippen molar-refractivity contribution >= 4 is 22.9 Å². The summed E-state index contributed by atoms with van der Waals surface area (Å²) < 4.78 is 26.2. The van der Waals surface area contributed by atoms with Crippen LogP contribution in [0.2, 0.25) is 0 Å². The number of hydrogen-bond donors (Lipinski definition) is 2. The first-order chi connectivity index (χ1) is 7.46. The lowest BCUT2D eigenvalue weighted by atomic mass is 9.88. The molecule has 0 aromatic heterocycles. The van der Waals surface area contributed by atoms with Crippen molar-refractivity contribution in [2.75, 3.05) is 12.4 Å². The Morgan fingerprint density at radius 2 is 2.19 bits per heavy atom. The zero-order valence-corrected chi connectivity index (χ0v) is 10.3. The van der Waals surface area contributed by atoms with Gasteiger partial charge in [0.1, 0.15) is 10.7 Å². The van der Waals surface area contributed by atoms with Crippen molar-refractivity contribution in [2.45, 2.75) is 26.7 Å². The summed E-state index contributed by atoms with van der Waals surface area (Å²) in [7, 11) is -2.66. The zero-order valence-electron chi connectivity index (χ0n) is 9.38. The zero-order chi connectivity index (χ0) is 12.6. The van der Waals surface area contributed by atoms with E-state index in [1.807, 2.05) is 0 Å². The second kappa shape index (κ2) is 7.21. The summed E-state index contributed by atoms with van der Waals surface area (Å²) in [5.41, 5.74) is -1.08. The third-order valence-corrected chi connectivity index (χ3v) is 3.11. The van der Waals surface area contributed by atoms with Gasteiger partial charge in [0.15, 0.2) is 0 Å². The summed E-state index contributed by atoms with van der Waals surface area (Å²) in [5, 5.41) is 11.0. The molecule has 1 N–H and O–H groups in total. The molecule has 7 heteroatoms. The third-order valence-electron chi connectivity index (χ3n) is 2.15. The van der Waals surface area contributed by atoms with E-state index in [0.29, 0.717) is 6.42 Å². The van der Waals surface area contributed by atoms with Gasteiger partial charge in [0.2, 0.25) is 0 Å². The van der Waals surface area contributed by atoms with Gasteiger partial charge in [-0.05, 0) is 26.7 Å². The van der Waals surface area contributed by atoms with Crippen LogP contribution in [0.5, 0.6) is 0 Å². The van der Waals surface area contributed by atoms with Crippen LogP contribution < -0.4 is 0 Å². The van der Waals surface area contributed by atoms with Gasteiger partial charge in [-0.25, -0.2) is 8.42 Å². The summed E-state index contributed by atoms with van der Waals surface area (Å²) in [6.07, 6.45) is 1.80. The first kappa shape index (κ1) is 14.9. The molecule has 0 heterocycles. The number of nitrogens with zero attached hydrogens (tertiary/aromatic N) is 1. The molecule has 0 saturated heterocycles. The van der Waals surface area contributed by atoms with Gasteiger partial charge in [-0.2, -0.15) is 0 Å². The number of ether oxygens (including phenoxy) is 1. The Morgan fingerprint density at radius 1 is 1.56 bits per heavy atom. The molecule has 6 nitrogen and oxygen atoms in total. The third kappa shape index (κ3) is 5.11. The minimum absolute atomic E-state index is 0.207. The van der Waals surface area contributed by atoms with Gasteiger partial charge in [-0.1, -0.05) is 0 Å². The highest BCUT2D eigenvalue weighted by Crippen LogP contribution is 2.25. The predicted molar refractivity (Wildman–Crippen MR) is 59.4 cm³/mol. The maximum atomic E-state index is 11.6. The molecule has 0 aromatic rings.